The Morgan fingerprint density at radius 2 is 1.12 bits per heavy atom. The van der Waals surface area contributed by atoms with Crippen LogP contribution in [0, 0.1) is 5.92 Å². The second-order valence-electron chi connectivity index (χ2n) is 23.0. The second-order valence-corrected chi connectivity index (χ2v) is 23.0. The van der Waals surface area contributed by atoms with E-state index in [0.29, 0.717) is 26.4 Å². The van der Waals surface area contributed by atoms with Gasteiger partial charge in [0, 0.05) is 63.5 Å². The quantitative estimate of drug-likeness (QED) is 0.158. The van der Waals surface area contributed by atoms with Crippen molar-refractivity contribution in [2.24, 2.45) is 5.92 Å². The lowest BCUT2D eigenvalue weighted by Crippen LogP contribution is -2.63. The number of benzene rings is 6. The molecule has 5 aliphatic rings. The zero-order valence-electron chi connectivity index (χ0n) is 43.5. The van der Waals surface area contributed by atoms with Gasteiger partial charge in [-0.05, 0) is 104 Å². The molecule has 6 heterocycles. The predicted octanol–water partition coefficient (Wildman–Crippen LogP) is 14.2. The van der Waals surface area contributed by atoms with Crippen LogP contribution in [-0.2, 0) is 20.3 Å². The van der Waals surface area contributed by atoms with E-state index in [1.165, 1.54) is 22.2 Å². The molecule has 4 aliphatic heterocycles. The SMILES string of the molecule is CC(C)c1cc2c3c(c1)N(C1C(c4ccccc4)=CC4=C(OCCCO4)C1C)c1oc4ccc(C(C)(C)C)cc4c1B3c1c(oc3ccc(C(C)(C)C)cc13)N2c1cc2c(cc1-c1ccccc1)OCCCO2. The zero-order chi connectivity index (χ0) is 50.1. The molecule has 13 rings (SSSR count). The Balaban J connectivity index is 1.19. The third kappa shape index (κ3) is 7.31. The summed E-state index contributed by atoms with van der Waals surface area (Å²) < 4.78 is 41.5. The number of hydrogen-bond acceptors (Lipinski definition) is 8. The Kier molecular flexibility index (Phi) is 10.6. The van der Waals surface area contributed by atoms with Gasteiger partial charge in [0.05, 0.1) is 38.2 Å². The molecule has 0 spiro atoms. The molecule has 2 aromatic heterocycles. The largest absolute Gasteiger partial charge is 0.494 e. The van der Waals surface area contributed by atoms with Gasteiger partial charge in [-0.1, -0.05) is 135 Å². The molecule has 8 nitrogen and oxygen atoms in total. The summed E-state index contributed by atoms with van der Waals surface area (Å²) in [5.41, 5.74) is 16.0. The minimum Gasteiger partial charge on any atom is -0.494 e. The fourth-order valence-electron chi connectivity index (χ4n) is 12.0. The second kappa shape index (κ2) is 16.9. The zero-order valence-corrected chi connectivity index (χ0v) is 43.5. The lowest BCUT2D eigenvalue weighted by atomic mass is 9.33. The van der Waals surface area contributed by atoms with Gasteiger partial charge in [-0.15, -0.1) is 0 Å². The molecule has 0 saturated carbocycles. The fourth-order valence-corrected chi connectivity index (χ4v) is 12.0. The lowest BCUT2D eigenvalue weighted by molar-refractivity contribution is 0.178. The molecule has 0 radical (unpaired) electrons. The fraction of sp³-hybridized carbons (Fsp3) is 0.312. The molecule has 0 amide bonds. The molecule has 0 bridgehead atoms. The first-order chi connectivity index (χ1) is 35.2. The summed E-state index contributed by atoms with van der Waals surface area (Å²) in [6, 6.07) is 44.1. The van der Waals surface area contributed by atoms with Gasteiger partial charge in [-0.2, -0.15) is 0 Å². The molecule has 8 aromatic rings. The number of nitrogens with zero attached hydrogens (tertiary/aromatic N) is 2. The third-order valence-corrected chi connectivity index (χ3v) is 15.9. The van der Waals surface area contributed by atoms with E-state index in [9.17, 15) is 0 Å². The molecule has 2 unspecified atom stereocenters. The monoisotopic (exact) mass is 966 g/mol. The van der Waals surface area contributed by atoms with Gasteiger partial charge in [-0.3, -0.25) is 4.90 Å². The van der Waals surface area contributed by atoms with Crippen LogP contribution in [0.5, 0.6) is 11.5 Å². The number of furan rings is 2. The predicted molar refractivity (Wildman–Crippen MR) is 297 cm³/mol. The van der Waals surface area contributed by atoms with E-state index in [4.69, 9.17) is 27.8 Å². The lowest BCUT2D eigenvalue weighted by Gasteiger charge is -2.46. The van der Waals surface area contributed by atoms with Crippen LogP contribution in [0.1, 0.15) is 103 Å². The minimum atomic E-state index is -0.285. The van der Waals surface area contributed by atoms with E-state index >= 15 is 0 Å². The van der Waals surface area contributed by atoms with Gasteiger partial charge in [0.2, 0.25) is 5.88 Å². The van der Waals surface area contributed by atoms with Gasteiger partial charge >= 0.3 is 0 Å². The average molecular weight is 967 g/mol. The Bertz CT molecular complexity index is 3570. The van der Waals surface area contributed by atoms with Crippen molar-refractivity contribution < 1.29 is 27.8 Å². The van der Waals surface area contributed by atoms with E-state index in [1.807, 2.05) is 0 Å². The molecular weight excluding hydrogens is 904 g/mol. The van der Waals surface area contributed by atoms with Crippen molar-refractivity contribution >= 4 is 79.4 Å². The number of fused-ring (bicyclic) bond motifs is 9. The molecule has 9 heteroatoms. The molecule has 0 N–H and O–H groups in total. The Morgan fingerprint density at radius 1 is 0.562 bits per heavy atom. The summed E-state index contributed by atoms with van der Waals surface area (Å²) >= 11 is 0. The van der Waals surface area contributed by atoms with Gasteiger partial charge in [0.1, 0.15) is 16.9 Å². The highest BCUT2D eigenvalue weighted by molar-refractivity contribution is 7.02. The summed E-state index contributed by atoms with van der Waals surface area (Å²) in [5.74, 6) is 4.80. The Hall–Kier alpha value is -7.26. The van der Waals surface area contributed by atoms with E-state index in [0.717, 1.165) is 120 Å². The molecule has 73 heavy (non-hydrogen) atoms. The topological polar surface area (TPSA) is 69.7 Å². The molecule has 2 atom stereocenters. The molecule has 6 aromatic carbocycles. The first-order valence-electron chi connectivity index (χ1n) is 26.4. The number of anilines is 5. The molecular formula is C64H63BN2O6. The van der Waals surface area contributed by atoms with Gasteiger partial charge < -0.3 is 32.7 Å². The maximum absolute atomic E-state index is 7.55. The number of allylic oxidation sites excluding steroid dienone is 1. The van der Waals surface area contributed by atoms with Crippen molar-refractivity contribution in [3.05, 3.63) is 161 Å². The molecule has 1 aliphatic carbocycles. The highest BCUT2D eigenvalue weighted by Gasteiger charge is 2.52. The Morgan fingerprint density at radius 3 is 1.75 bits per heavy atom. The van der Waals surface area contributed by atoms with E-state index < -0.39 is 0 Å². The first-order valence-corrected chi connectivity index (χ1v) is 26.4. The summed E-state index contributed by atoms with van der Waals surface area (Å²) in [7, 11) is 0. The van der Waals surface area contributed by atoms with Crippen molar-refractivity contribution in [1.82, 2.24) is 0 Å². The summed E-state index contributed by atoms with van der Waals surface area (Å²) in [6.07, 6.45) is 3.86. The Labute approximate surface area is 429 Å². The smallest absolute Gasteiger partial charge is 0.262 e. The number of hydrogen-bond donors (Lipinski definition) is 0. The maximum atomic E-state index is 7.55. The average Bonchev–Trinajstić information content (AvgIpc) is 3.72. The van der Waals surface area contributed by atoms with Crippen LogP contribution >= 0.6 is 0 Å². The van der Waals surface area contributed by atoms with Crippen molar-refractivity contribution in [2.75, 3.05) is 36.2 Å². The first kappa shape index (κ1) is 45.6. The van der Waals surface area contributed by atoms with Crippen molar-refractivity contribution in [2.45, 2.75) is 97.9 Å². The van der Waals surface area contributed by atoms with Crippen LogP contribution in [-0.4, -0.2) is 39.2 Å². The normalized spacial score (nSPS) is 18.4. The van der Waals surface area contributed by atoms with Crippen LogP contribution < -0.4 is 35.7 Å². The van der Waals surface area contributed by atoms with Crippen LogP contribution in [0.3, 0.4) is 0 Å². The number of ether oxygens (including phenoxy) is 4. The van der Waals surface area contributed by atoms with E-state index in [2.05, 4.69) is 200 Å². The highest BCUT2D eigenvalue weighted by atomic mass is 16.5. The van der Waals surface area contributed by atoms with Crippen LogP contribution in [0.4, 0.5) is 28.8 Å². The molecule has 0 fully saturated rings. The highest BCUT2D eigenvalue weighted by Crippen LogP contribution is 2.54. The van der Waals surface area contributed by atoms with Gasteiger partial charge in [-0.25, -0.2) is 0 Å². The van der Waals surface area contributed by atoms with E-state index in [1.54, 1.807) is 0 Å². The number of rotatable bonds is 5. The van der Waals surface area contributed by atoms with Crippen molar-refractivity contribution in [3.8, 4) is 22.6 Å². The van der Waals surface area contributed by atoms with Gasteiger partial charge in [0.25, 0.3) is 6.71 Å². The standard InChI is InChI=1S/C64H63BN2O6/c1-37(2)41-30-49-58-50(31-41)67(59-38(3)60-55(70-28-17-29-71-60)35-45(59)40-20-14-11-15-21-40)62-57(47-33-43(64(7,8)9)23-25-52(47)73-62)65(58)56-46-32-42(63(4,5)6)22-24-51(46)72-61(56)66(49)48-36-54-53(68-26-16-27-69-54)34-44(48)39-18-12-10-13-19-39/h10-15,18-25,30-38,59H,16-17,26-29H2,1-9H3. The summed E-state index contributed by atoms with van der Waals surface area (Å²) in [5, 5.41) is 2.19. The van der Waals surface area contributed by atoms with Crippen molar-refractivity contribution in [3.63, 3.8) is 0 Å². The van der Waals surface area contributed by atoms with Crippen molar-refractivity contribution in [1.29, 1.82) is 0 Å². The van der Waals surface area contributed by atoms with Gasteiger partial charge in [0.15, 0.2) is 23.1 Å². The summed E-state index contributed by atoms with van der Waals surface area (Å²) in [6.45, 7) is 22.7. The van der Waals surface area contributed by atoms with E-state index in [-0.39, 0.29) is 35.4 Å². The van der Waals surface area contributed by atoms with Crippen LogP contribution in [0.15, 0.2) is 148 Å². The third-order valence-electron chi connectivity index (χ3n) is 15.9. The van der Waals surface area contributed by atoms with Crippen LogP contribution in [0.2, 0.25) is 0 Å². The minimum absolute atomic E-state index is 0.119. The maximum Gasteiger partial charge on any atom is 0.262 e. The summed E-state index contributed by atoms with van der Waals surface area (Å²) in [4.78, 5) is 4.96. The molecule has 368 valence electrons. The molecule has 0 saturated heterocycles. The van der Waals surface area contributed by atoms with Crippen LogP contribution in [0.25, 0.3) is 38.6 Å².